The fraction of sp³-hybridized carbons (Fsp3) is 0.647. The van der Waals surface area contributed by atoms with Crippen molar-refractivity contribution in [3.05, 3.63) is 18.2 Å². The van der Waals surface area contributed by atoms with Gasteiger partial charge >= 0.3 is 6.03 Å². The van der Waals surface area contributed by atoms with Crippen LogP contribution in [0.3, 0.4) is 0 Å². The summed E-state index contributed by atoms with van der Waals surface area (Å²) in [5.41, 5.74) is -0.778. The third kappa shape index (κ3) is 2.66. The lowest BCUT2D eigenvalue weighted by atomic mass is 9.98. The molecule has 1 aliphatic carbocycles. The van der Waals surface area contributed by atoms with Crippen molar-refractivity contribution in [3.63, 3.8) is 0 Å². The summed E-state index contributed by atoms with van der Waals surface area (Å²) in [4.78, 5) is 45.2. The van der Waals surface area contributed by atoms with E-state index in [2.05, 4.69) is 15.6 Å². The SMILES string of the molecule is Cn1ccnc1C1CNCCN1C(=O)CN1C(=O)NC2(CCCC2)C1=O. The molecule has 1 aromatic rings. The van der Waals surface area contributed by atoms with E-state index in [9.17, 15) is 14.4 Å². The summed E-state index contributed by atoms with van der Waals surface area (Å²) in [7, 11) is 1.89. The summed E-state index contributed by atoms with van der Waals surface area (Å²) in [6.45, 7) is 1.58. The highest BCUT2D eigenvalue weighted by molar-refractivity contribution is 6.09. The van der Waals surface area contributed by atoms with Gasteiger partial charge in [-0.25, -0.2) is 9.78 Å². The van der Waals surface area contributed by atoms with Crippen molar-refractivity contribution in [1.82, 2.24) is 30.0 Å². The molecule has 9 heteroatoms. The van der Waals surface area contributed by atoms with Crippen LogP contribution in [0.5, 0.6) is 0 Å². The van der Waals surface area contributed by atoms with Crippen LogP contribution in [0, 0.1) is 0 Å². The number of imidazole rings is 1. The van der Waals surface area contributed by atoms with Gasteiger partial charge in [0.1, 0.15) is 23.9 Å². The van der Waals surface area contributed by atoms with E-state index < -0.39 is 11.6 Å². The normalized spacial score (nSPS) is 25.2. The highest BCUT2D eigenvalue weighted by Crippen LogP contribution is 2.35. The second kappa shape index (κ2) is 6.39. The quantitative estimate of drug-likeness (QED) is 0.725. The van der Waals surface area contributed by atoms with Crippen LogP contribution < -0.4 is 10.6 Å². The Kier molecular flexibility index (Phi) is 4.18. The molecule has 2 saturated heterocycles. The predicted octanol–water partition coefficient (Wildman–Crippen LogP) is -0.242. The number of carbonyl (C=O) groups is 3. The van der Waals surface area contributed by atoms with Gasteiger partial charge in [-0.3, -0.25) is 14.5 Å². The van der Waals surface area contributed by atoms with Crippen LogP contribution in [0.25, 0.3) is 0 Å². The summed E-state index contributed by atoms with van der Waals surface area (Å²) in [6, 6.07) is -0.661. The molecule has 3 fully saturated rings. The molecule has 1 saturated carbocycles. The summed E-state index contributed by atoms with van der Waals surface area (Å²) in [6.07, 6.45) is 6.71. The van der Waals surface area contributed by atoms with Crippen LogP contribution in [-0.4, -0.2) is 68.9 Å². The van der Waals surface area contributed by atoms with Crippen LogP contribution in [0.2, 0.25) is 0 Å². The molecule has 1 aromatic heterocycles. The number of rotatable bonds is 3. The summed E-state index contributed by atoms with van der Waals surface area (Å²) >= 11 is 0. The van der Waals surface area contributed by atoms with Crippen molar-refractivity contribution in [2.24, 2.45) is 7.05 Å². The first-order valence-corrected chi connectivity index (χ1v) is 9.13. The number of piperazine rings is 1. The lowest BCUT2D eigenvalue weighted by Crippen LogP contribution is -2.53. The Bertz CT molecular complexity index is 739. The van der Waals surface area contributed by atoms with Crippen molar-refractivity contribution in [2.75, 3.05) is 26.2 Å². The number of carbonyl (C=O) groups excluding carboxylic acids is 3. The minimum atomic E-state index is -0.778. The number of amides is 4. The van der Waals surface area contributed by atoms with E-state index in [0.29, 0.717) is 32.5 Å². The first kappa shape index (κ1) is 17.0. The third-order valence-electron chi connectivity index (χ3n) is 5.72. The van der Waals surface area contributed by atoms with Crippen LogP contribution >= 0.6 is 0 Å². The van der Waals surface area contributed by atoms with Crippen molar-refractivity contribution in [1.29, 1.82) is 0 Å². The van der Waals surface area contributed by atoms with E-state index in [1.165, 1.54) is 0 Å². The van der Waals surface area contributed by atoms with E-state index in [4.69, 9.17) is 0 Å². The maximum Gasteiger partial charge on any atom is 0.325 e. The van der Waals surface area contributed by atoms with Crippen LogP contribution in [0.15, 0.2) is 12.4 Å². The average molecular weight is 360 g/mol. The standard InChI is InChI=1S/C17H24N6O3/c1-21-8-7-19-14(21)12-10-18-6-9-22(12)13(24)11-23-15(25)17(20-16(23)26)4-2-3-5-17/h7-8,12,18H,2-6,9-11H2,1H3,(H,20,26). The molecule has 26 heavy (non-hydrogen) atoms. The number of nitrogens with one attached hydrogen (secondary N) is 2. The summed E-state index contributed by atoms with van der Waals surface area (Å²) in [5.74, 6) is 0.310. The Labute approximate surface area is 151 Å². The Morgan fingerprint density at radius 3 is 2.81 bits per heavy atom. The number of urea groups is 1. The van der Waals surface area contributed by atoms with Crippen LogP contribution in [0.1, 0.15) is 37.5 Å². The minimum absolute atomic E-state index is 0.211. The van der Waals surface area contributed by atoms with Gasteiger partial charge in [0.15, 0.2) is 0 Å². The van der Waals surface area contributed by atoms with Crippen molar-refractivity contribution in [3.8, 4) is 0 Å². The van der Waals surface area contributed by atoms with E-state index in [0.717, 1.165) is 23.6 Å². The molecule has 2 aliphatic heterocycles. The molecule has 140 valence electrons. The fourth-order valence-electron chi connectivity index (χ4n) is 4.30. The Morgan fingerprint density at radius 2 is 2.12 bits per heavy atom. The zero-order valence-electron chi connectivity index (χ0n) is 14.9. The number of nitrogens with zero attached hydrogens (tertiary/aromatic N) is 4. The molecule has 1 unspecified atom stereocenters. The smallest absolute Gasteiger partial charge is 0.325 e. The topological polar surface area (TPSA) is 99.6 Å². The lowest BCUT2D eigenvalue weighted by Gasteiger charge is -2.36. The molecule has 0 bridgehead atoms. The van der Waals surface area contributed by atoms with Gasteiger partial charge in [0.25, 0.3) is 5.91 Å². The average Bonchev–Trinajstić information content (AvgIpc) is 3.33. The van der Waals surface area contributed by atoms with Gasteiger partial charge < -0.3 is 20.1 Å². The van der Waals surface area contributed by atoms with Crippen molar-refractivity contribution < 1.29 is 14.4 Å². The molecule has 0 radical (unpaired) electrons. The van der Waals surface area contributed by atoms with Crippen molar-refractivity contribution in [2.45, 2.75) is 37.3 Å². The monoisotopic (exact) mass is 360 g/mol. The van der Waals surface area contributed by atoms with Gasteiger partial charge in [-0.05, 0) is 12.8 Å². The zero-order chi connectivity index (χ0) is 18.3. The first-order valence-electron chi connectivity index (χ1n) is 9.13. The molecule has 1 atom stereocenters. The van der Waals surface area contributed by atoms with Gasteiger partial charge in [-0.1, -0.05) is 12.8 Å². The highest BCUT2D eigenvalue weighted by atomic mass is 16.2. The maximum atomic E-state index is 13.0. The van der Waals surface area contributed by atoms with Crippen LogP contribution in [0.4, 0.5) is 4.79 Å². The number of imide groups is 1. The molecule has 2 N–H and O–H groups in total. The molecular formula is C17H24N6O3. The fourth-order valence-corrected chi connectivity index (χ4v) is 4.30. The number of aromatic nitrogens is 2. The summed E-state index contributed by atoms with van der Waals surface area (Å²) in [5, 5.41) is 6.10. The van der Waals surface area contributed by atoms with Gasteiger partial charge in [0.2, 0.25) is 5.91 Å². The van der Waals surface area contributed by atoms with Gasteiger partial charge in [-0.2, -0.15) is 0 Å². The Morgan fingerprint density at radius 1 is 1.35 bits per heavy atom. The minimum Gasteiger partial charge on any atom is -0.336 e. The van der Waals surface area contributed by atoms with E-state index in [1.54, 1.807) is 11.1 Å². The summed E-state index contributed by atoms with van der Waals surface area (Å²) < 4.78 is 1.89. The molecular weight excluding hydrogens is 336 g/mol. The Hall–Kier alpha value is -2.42. The van der Waals surface area contributed by atoms with Gasteiger partial charge in [0.05, 0.1) is 0 Å². The molecule has 1 spiro atoms. The lowest BCUT2D eigenvalue weighted by molar-refractivity contribution is -0.141. The third-order valence-corrected chi connectivity index (χ3v) is 5.72. The second-order valence-electron chi connectivity index (χ2n) is 7.31. The molecule has 3 heterocycles. The van der Waals surface area contributed by atoms with E-state index in [1.807, 2.05) is 17.8 Å². The van der Waals surface area contributed by atoms with E-state index >= 15 is 0 Å². The van der Waals surface area contributed by atoms with Crippen molar-refractivity contribution >= 4 is 17.8 Å². The predicted molar refractivity (Wildman–Crippen MR) is 92.0 cm³/mol. The molecule has 0 aromatic carbocycles. The van der Waals surface area contributed by atoms with E-state index in [-0.39, 0.29) is 24.4 Å². The number of aryl methyl sites for hydroxylation is 1. The molecule has 3 aliphatic rings. The number of hydrogen-bond acceptors (Lipinski definition) is 5. The number of hydrogen-bond donors (Lipinski definition) is 2. The highest BCUT2D eigenvalue weighted by Gasteiger charge is 2.53. The molecule has 4 rings (SSSR count). The largest absolute Gasteiger partial charge is 0.336 e. The first-order chi connectivity index (χ1) is 12.5. The Balaban J connectivity index is 1.51. The van der Waals surface area contributed by atoms with Gasteiger partial charge in [-0.15, -0.1) is 0 Å². The van der Waals surface area contributed by atoms with Crippen LogP contribution in [-0.2, 0) is 16.6 Å². The molecule has 4 amide bonds. The molecule has 9 nitrogen and oxygen atoms in total. The maximum absolute atomic E-state index is 13.0. The van der Waals surface area contributed by atoms with Gasteiger partial charge in [0, 0.05) is 39.1 Å². The second-order valence-corrected chi connectivity index (χ2v) is 7.31. The zero-order valence-corrected chi connectivity index (χ0v) is 14.9.